The summed E-state index contributed by atoms with van der Waals surface area (Å²) in [7, 11) is 0. The number of anilines is 1. The van der Waals surface area contributed by atoms with Gasteiger partial charge in [0.15, 0.2) is 0 Å². The van der Waals surface area contributed by atoms with E-state index in [1.54, 1.807) is 0 Å². The van der Waals surface area contributed by atoms with Crippen LogP contribution in [0.15, 0.2) is 48.5 Å². The average Bonchev–Trinajstić information content (AvgIpc) is 2.63. The third-order valence-corrected chi connectivity index (χ3v) is 4.62. The van der Waals surface area contributed by atoms with E-state index < -0.39 is 11.7 Å². The van der Waals surface area contributed by atoms with Gasteiger partial charge in [-0.25, -0.2) is 4.39 Å². The lowest BCUT2D eigenvalue weighted by Crippen LogP contribution is -2.48. The first-order valence-corrected chi connectivity index (χ1v) is 8.77. The number of halogens is 2. The molecule has 0 aliphatic carbocycles. The molecule has 0 saturated carbocycles. The van der Waals surface area contributed by atoms with Gasteiger partial charge in [0.05, 0.1) is 5.56 Å². The van der Waals surface area contributed by atoms with Crippen LogP contribution in [0.3, 0.4) is 0 Å². The zero-order chi connectivity index (χ0) is 17.6. The molecule has 0 unspecified atom stereocenters. The Bertz CT molecular complexity index is 718. The molecule has 1 heterocycles. The van der Waals surface area contributed by atoms with Gasteiger partial charge in [0, 0.05) is 50.0 Å². The van der Waals surface area contributed by atoms with Crippen LogP contribution >= 0.6 is 11.6 Å². The lowest BCUT2D eigenvalue weighted by atomic mass is 10.2. The van der Waals surface area contributed by atoms with E-state index in [0.717, 1.165) is 38.8 Å². The summed E-state index contributed by atoms with van der Waals surface area (Å²) in [4.78, 5) is 16.7. The second-order valence-electron chi connectivity index (χ2n) is 6.04. The highest BCUT2D eigenvalue weighted by Crippen LogP contribution is 2.16. The minimum Gasteiger partial charge on any atom is -0.369 e. The average molecular weight is 362 g/mol. The number of piperazine rings is 1. The van der Waals surface area contributed by atoms with E-state index in [1.807, 2.05) is 18.2 Å². The molecule has 0 bridgehead atoms. The van der Waals surface area contributed by atoms with Crippen LogP contribution in [-0.2, 0) is 0 Å². The maximum absolute atomic E-state index is 13.7. The molecule has 1 aliphatic heterocycles. The van der Waals surface area contributed by atoms with Crippen molar-refractivity contribution in [2.75, 3.05) is 44.2 Å². The number of carbonyl (C=O) groups is 1. The number of carbonyl (C=O) groups excluding carboxylic acids is 1. The Morgan fingerprint density at radius 2 is 1.80 bits per heavy atom. The fourth-order valence-corrected chi connectivity index (χ4v) is 3.12. The zero-order valence-corrected chi connectivity index (χ0v) is 14.7. The molecule has 4 nitrogen and oxygen atoms in total. The molecule has 1 fully saturated rings. The maximum Gasteiger partial charge on any atom is 0.254 e. The van der Waals surface area contributed by atoms with Gasteiger partial charge in [-0.1, -0.05) is 29.8 Å². The molecular formula is C19H21ClFN3O. The van der Waals surface area contributed by atoms with Crippen molar-refractivity contribution in [3.63, 3.8) is 0 Å². The second-order valence-corrected chi connectivity index (χ2v) is 6.48. The molecule has 0 spiro atoms. The number of nitrogens with zero attached hydrogens (tertiary/aromatic N) is 2. The predicted octanol–water partition coefficient (Wildman–Crippen LogP) is 3.03. The highest BCUT2D eigenvalue weighted by Gasteiger charge is 2.17. The molecule has 25 heavy (non-hydrogen) atoms. The predicted molar refractivity (Wildman–Crippen MR) is 98.8 cm³/mol. The Morgan fingerprint density at radius 3 is 2.48 bits per heavy atom. The molecule has 0 radical (unpaired) electrons. The third kappa shape index (κ3) is 4.71. The first-order chi connectivity index (χ1) is 12.1. The molecule has 1 N–H and O–H groups in total. The second kappa shape index (κ2) is 8.32. The Balaban J connectivity index is 1.42. The highest BCUT2D eigenvalue weighted by atomic mass is 35.5. The van der Waals surface area contributed by atoms with Crippen molar-refractivity contribution < 1.29 is 9.18 Å². The van der Waals surface area contributed by atoms with E-state index >= 15 is 0 Å². The molecule has 1 saturated heterocycles. The fourth-order valence-electron chi connectivity index (χ4n) is 2.96. The number of rotatable bonds is 5. The summed E-state index contributed by atoms with van der Waals surface area (Å²) in [6.07, 6.45) is 0. The van der Waals surface area contributed by atoms with Gasteiger partial charge in [0.25, 0.3) is 5.91 Å². The van der Waals surface area contributed by atoms with Gasteiger partial charge in [-0.15, -0.1) is 0 Å². The van der Waals surface area contributed by atoms with Crippen LogP contribution in [0.25, 0.3) is 0 Å². The minimum absolute atomic E-state index is 0.0262. The van der Waals surface area contributed by atoms with Gasteiger partial charge >= 0.3 is 0 Å². The van der Waals surface area contributed by atoms with Crippen LogP contribution in [0, 0.1) is 5.82 Å². The molecule has 3 rings (SSSR count). The van der Waals surface area contributed by atoms with Crippen LogP contribution < -0.4 is 10.2 Å². The molecule has 1 amide bonds. The highest BCUT2D eigenvalue weighted by molar-refractivity contribution is 6.30. The van der Waals surface area contributed by atoms with Crippen molar-refractivity contribution in [3.8, 4) is 0 Å². The number of hydrogen-bond donors (Lipinski definition) is 1. The van der Waals surface area contributed by atoms with Crippen molar-refractivity contribution in [1.29, 1.82) is 0 Å². The van der Waals surface area contributed by atoms with Crippen molar-refractivity contribution in [3.05, 3.63) is 64.9 Å². The topological polar surface area (TPSA) is 35.6 Å². The first kappa shape index (κ1) is 17.7. The van der Waals surface area contributed by atoms with Crippen LogP contribution in [-0.4, -0.2) is 50.1 Å². The van der Waals surface area contributed by atoms with Crippen LogP contribution in [0.5, 0.6) is 0 Å². The number of benzene rings is 2. The van der Waals surface area contributed by atoms with Gasteiger partial charge in [0.2, 0.25) is 0 Å². The fraction of sp³-hybridized carbons (Fsp3) is 0.316. The largest absolute Gasteiger partial charge is 0.369 e. The summed E-state index contributed by atoms with van der Waals surface area (Å²) in [5.41, 5.74) is 1.27. The van der Waals surface area contributed by atoms with E-state index in [4.69, 9.17) is 11.6 Å². The van der Waals surface area contributed by atoms with Crippen molar-refractivity contribution in [2.45, 2.75) is 0 Å². The van der Waals surface area contributed by atoms with Crippen molar-refractivity contribution in [1.82, 2.24) is 10.2 Å². The lowest BCUT2D eigenvalue weighted by Gasteiger charge is -2.36. The molecule has 0 aromatic heterocycles. The molecule has 2 aromatic rings. The number of amides is 1. The van der Waals surface area contributed by atoms with Gasteiger partial charge < -0.3 is 10.2 Å². The molecular weight excluding hydrogens is 341 g/mol. The molecule has 1 aliphatic rings. The van der Waals surface area contributed by atoms with Crippen LogP contribution in [0.1, 0.15) is 10.4 Å². The van der Waals surface area contributed by atoms with Gasteiger partial charge in [-0.3, -0.25) is 9.69 Å². The molecule has 132 valence electrons. The first-order valence-electron chi connectivity index (χ1n) is 8.39. The quantitative estimate of drug-likeness (QED) is 0.889. The number of para-hydroxylation sites is 1. The minimum atomic E-state index is -0.596. The summed E-state index contributed by atoms with van der Waals surface area (Å²) in [5, 5.41) is 3.05. The standard InChI is InChI=1S/C19H21ClFN3O/c20-15-6-7-17(18(21)14-15)19(25)22-8-9-23-10-12-24(13-11-23)16-4-2-1-3-5-16/h1-7,14H,8-13H2,(H,22,25). The molecule has 6 heteroatoms. The monoisotopic (exact) mass is 361 g/mol. The third-order valence-electron chi connectivity index (χ3n) is 4.38. The van der Waals surface area contributed by atoms with E-state index in [0.29, 0.717) is 6.54 Å². The summed E-state index contributed by atoms with van der Waals surface area (Å²) in [6.45, 7) is 5.06. The Labute approximate surface area is 152 Å². The number of hydrogen-bond acceptors (Lipinski definition) is 3. The van der Waals surface area contributed by atoms with E-state index in [9.17, 15) is 9.18 Å². The van der Waals surface area contributed by atoms with Gasteiger partial charge in [-0.05, 0) is 30.3 Å². The maximum atomic E-state index is 13.7. The van der Waals surface area contributed by atoms with E-state index in [-0.39, 0.29) is 10.6 Å². The molecule has 2 aromatic carbocycles. The summed E-state index contributed by atoms with van der Waals surface area (Å²) >= 11 is 5.70. The summed E-state index contributed by atoms with van der Waals surface area (Å²) in [6, 6.07) is 14.4. The Morgan fingerprint density at radius 1 is 1.08 bits per heavy atom. The van der Waals surface area contributed by atoms with Crippen molar-refractivity contribution >= 4 is 23.2 Å². The number of nitrogens with one attached hydrogen (secondary N) is 1. The van der Waals surface area contributed by atoms with Crippen LogP contribution in [0.4, 0.5) is 10.1 Å². The van der Waals surface area contributed by atoms with E-state index in [2.05, 4.69) is 27.2 Å². The lowest BCUT2D eigenvalue weighted by molar-refractivity contribution is 0.0944. The van der Waals surface area contributed by atoms with Crippen LogP contribution in [0.2, 0.25) is 5.02 Å². The smallest absolute Gasteiger partial charge is 0.254 e. The van der Waals surface area contributed by atoms with Gasteiger partial charge in [0.1, 0.15) is 5.82 Å². The van der Waals surface area contributed by atoms with Crippen molar-refractivity contribution in [2.24, 2.45) is 0 Å². The Kier molecular flexibility index (Phi) is 5.89. The summed E-state index contributed by atoms with van der Waals surface area (Å²) < 4.78 is 13.7. The summed E-state index contributed by atoms with van der Waals surface area (Å²) in [5.74, 6) is -1.00. The Hall–Kier alpha value is -2.11. The zero-order valence-electron chi connectivity index (χ0n) is 13.9. The SMILES string of the molecule is O=C(NCCN1CCN(c2ccccc2)CC1)c1ccc(Cl)cc1F. The normalized spacial score (nSPS) is 15.2. The molecule has 0 atom stereocenters. The van der Waals surface area contributed by atoms with E-state index in [1.165, 1.54) is 17.8 Å². The van der Waals surface area contributed by atoms with Gasteiger partial charge in [-0.2, -0.15) is 0 Å².